The van der Waals surface area contributed by atoms with Crippen molar-refractivity contribution in [2.45, 2.75) is 19.9 Å². The Balaban J connectivity index is 0.000000321. The first-order chi connectivity index (χ1) is 13.6. The number of benzene rings is 1. The van der Waals surface area contributed by atoms with Gasteiger partial charge in [0.1, 0.15) is 0 Å². The van der Waals surface area contributed by atoms with Crippen LogP contribution in [0.15, 0.2) is 24.3 Å². The molecule has 0 spiro atoms. The summed E-state index contributed by atoms with van der Waals surface area (Å²) < 4.78 is 2.26. The molecule has 0 atom stereocenters. The van der Waals surface area contributed by atoms with Gasteiger partial charge in [0.05, 0.1) is 21.7 Å². The van der Waals surface area contributed by atoms with Gasteiger partial charge < -0.3 is 30.3 Å². The normalized spacial score (nSPS) is 15.0. The number of likely N-dealkylation sites (N-methyl/N-ethyl adjacent to an activating group) is 1. The second-order valence-electron chi connectivity index (χ2n) is 7.04. The van der Waals surface area contributed by atoms with Gasteiger partial charge in [-0.25, -0.2) is 14.6 Å². The Morgan fingerprint density at radius 2 is 1.69 bits per heavy atom. The minimum atomic E-state index is -1.26. The van der Waals surface area contributed by atoms with Crippen LogP contribution >= 0.6 is 11.6 Å². The molecule has 0 bridgehead atoms. The Morgan fingerprint density at radius 3 is 2.17 bits per heavy atom. The fraction of sp³-hybridized carbons (Fsp3) is 0.421. The lowest BCUT2D eigenvalue weighted by Gasteiger charge is -2.34. The molecule has 0 amide bonds. The summed E-state index contributed by atoms with van der Waals surface area (Å²) in [6.07, 6.45) is 1.12. The molecule has 1 saturated heterocycles. The molecule has 3 rings (SSSR count). The topological polar surface area (TPSA) is 125 Å². The summed E-state index contributed by atoms with van der Waals surface area (Å²) in [7, 11) is 2.16. The van der Waals surface area contributed by atoms with Crippen LogP contribution in [0.25, 0.3) is 11.0 Å². The van der Waals surface area contributed by atoms with E-state index in [-0.39, 0.29) is 0 Å². The predicted octanol–water partition coefficient (Wildman–Crippen LogP) is 2.32. The van der Waals surface area contributed by atoms with E-state index in [1.54, 1.807) is 0 Å². The summed E-state index contributed by atoms with van der Waals surface area (Å²) >= 11 is 6.14. The van der Waals surface area contributed by atoms with Crippen molar-refractivity contribution in [2.24, 2.45) is 0 Å². The number of hydrogen-bond donors (Lipinski definition) is 3. The number of hydrogen-bond acceptors (Lipinski definition) is 6. The smallest absolute Gasteiger partial charge is 0.328 e. The number of aromatic nitrogens is 2. The second kappa shape index (κ2) is 9.62. The highest BCUT2D eigenvalue weighted by molar-refractivity contribution is 6.33. The largest absolute Gasteiger partial charge is 0.478 e. The molecule has 9 nitrogen and oxygen atoms in total. The number of carboxylic acids is 2. The molecule has 0 unspecified atom stereocenters. The van der Waals surface area contributed by atoms with Gasteiger partial charge in [-0.2, -0.15) is 0 Å². The van der Waals surface area contributed by atoms with Gasteiger partial charge >= 0.3 is 11.9 Å². The number of nitrogens with zero attached hydrogens (tertiary/aromatic N) is 4. The first-order valence-electron chi connectivity index (χ1n) is 9.14. The number of fused-ring (bicyclic) bond motifs is 1. The van der Waals surface area contributed by atoms with Crippen LogP contribution in [0.5, 0.6) is 0 Å². The van der Waals surface area contributed by atoms with Gasteiger partial charge in [-0.05, 0) is 33.0 Å². The van der Waals surface area contributed by atoms with Crippen LogP contribution in [-0.2, 0) is 9.59 Å². The highest BCUT2D eigenvalue weighted by Crippen LogP contribution is 2.32. The molecule has 1 fully saturated rings. The Hall–Kier alpha value is -2.78. The van der Waals surface area contributed by atoms with Crippen LogP contribution < -0.4 is 10.6 Å². The Bertz CT molecular complexity index is 901. The van der Waals surface area contributed by atoms with E-state index in [2.05, 4.69) is 35.3 Å². The summed E-state index contributed by atoms with van der Waals surface area (Å²) in [6.45, 7) is 8.46. The van der Waals surface area contributed by atoms with E-state index in [9.17, 15) is 9.59 Å². The van der Waals surface area contributed by atoms with E-state index in [1.807, 2.05) is 12.1 Å². The summed E-state index contributed by atoms with van der Waals surface area (Å²) in [6, 6.07) is 4.12. The molecule has 1 aliphatic rings. The van der Waals surface area contributed by atoms with Gasteiger partial charge in [-0.15, -0.1) is 0 Å². The minimum absolute atomic E-state index is 0.324. The van der Waals surface area contributed by atoms with Crippen molar-refractivity contribution < 1.29 is 19.8 Å². The molecule has 0 saturated carbocycles. The summed E-state index contributed by atoms with van der Waals surface area (Å²) in [5.41, 5.74) is 8.54. The number of piperazine rings is 1. The molecule has 0 aliphatic carbocycles. The quantitative estimate of drug-likeness (QED) is 0.505. The first-order valence-corrected chi connectivity index (χ1v) is 9.52. The lowest BCUT2D eigenvalue weighted by atomic mass is 10.2. The van der Waals surface area contributed by atoms with Crippen LogP contribution in [0, 0.1) is 0 Å². The standard InChI is InChI=1S/C15H22ClN5.C4H4O4/c1-10(2)21-14-9-12(17)11(16)8-13(14)18-15(21)20-6-4-19(3)5-7-20;5-3(6)1-2-4(7)8/h8-10H,4-7,17H2,1-3H3;1-2H,(H,5,6)(H,7,8). The number of anilines is 2. The number of carboxylic acid groups (broad SMARTS) is 2. The average Bonchev–Trinajstić information content (AvgIpc) is 3.00. The fourth-order valence-electron chi connectivity index (χ4n) is 3.00. The third-order valence-corrected chi connectivity index (χ3v) is 4.79. The monoisotopic (exact) mass is 423 g/mol. The fourth-order valence-corrected chi connectivity index (χ4v) is 3.16. The molecule has 158 valence electrons. The molecular formula is C19H26ClN5O4. The summed E-state index contributed by atoms with van der Waals surface area (Å²) in [4.78, 5) is 28.6. The van der Waals surface area contributed by atoms with Gasteiger partial charge in [0.15, 0.2) is 0 Å². The first kappa shape index (κ1) is 22.5. The Morgan fingerprint density at radius 1 is 1.14 bits per heavy atom. The van der Waals surface area contributed by atoms with E-state index in [1.165, 1.54) is 0 Å². The molecule has 10 heteroatoms. The van der Waals surface area contributed by atoms with Crippen molar-refractivity contribution in [1.29, 1.82) is 0 Å². The molecule has 1 aromatic carbocycles. The molecule has 4 N–H and O–H groups in total. The summed E-state index contributed by atoms with van der Waals surface area (Å²) in [5, 5.41) is 16.2. The molecule has 1 aliphatic heterocycles. The average molecular weight is 424 g/mol. The zero-order valence-electron chi connectivity index (χ0n) is 16.7. The Kier molecular flexibility index (Phi) is 7.46. The number of halogens is 1. The number of aliphatic carboxylic acids is 2. The maximum absolute atomic E-state index is 9.55. The highest BCUT2D eigenvalue weighted by atomic mass is 35.5. The Labute approximate surface area is 174 Å². The third kappa shape index (κ3) is 5.85. The van der Waals surface area contributed by atoms with Crippen LogP contribution in [0.4, 0.5) is 11.6 Å². The van der Waals surface area contributed by atoms with E-state index >= 15 is 0 Å². The van der Waals surface area contributed by atoms with Crippen molar-refractivity contribution in [2.75, 3.05) is 43.9 Å². The van der Waals surface area contributed by atoms with Crippen molar-refractivity contribution in [3.05, 3.63) is 29.3 Å². The zero-order chi connectivity index (χ0) is 21.7. The molecule has 2 heterocycles. The van der Waals surface area contributed by atoms with E-state index in [4.69, 9.17) is 32.5 Å². The number of rotatable bonds is 4. The van der Waals surface area contributed by atoms with E-state index in [0.29, 0.717) is 28.9 Å². The highest BCUT2D eigenvalue weighted by Gasteiger charge is 2.22. The van der Waals surface area contributed by atoms with E-state index < -0.39 is 11.9 Å². The maximum Gasteiger partial charge on any atom is 0.328 e. The zero-order valence-corrected chi connectivity index (χ0v) is 17.4. The lowest BCUT2D eigenvalue weighted by molar-refractivity contribution is -0.134. The lowest BCUT2D eigenvalue weighted by Crippen LogP contribution is -2.45. The molecular weight excluding hydrogens is 398 g/mol. The van der Waals surface area contributed by atoms with Gasteiger partial charge in [-0.1, -0.05) is 11.6 Å². The second-order valence-corrected chi connectivity index (χ2v) is 7.45. The number of imidazole rings is 1. The summed E-state index contributed by atoms with van der Waals surface area (Å²) in [5.74, 6) is -1.49. The van der Waals surface area contributed by atoms with Crippen LogP contribution in [-0.4, -0.2) is 69.8 Å². The maximum atomic E-state index is 9.55. The van der Waals surface area contributed by atoms with Gasteiger partial charge in [-0.3, -0.25) is 0 Å². The SMILES string of the molecule is CC(C)n1c(N2CCN(C)CC2)nc2cc(Cl)c(N)cc21.O=C(O)C=CC(=O)O. The number of nitrogens with two attached hydrogens (primary N) is 1. The van der Waals surface area contributed by atoms with Crippen molar-refractivity contribution in [1.82, 2.24) is 14.5 Å². The van der Waals surface area contributed by atoms with Crippen molar-refractivity contribution >= 4 is 46.2 Å². The minimum Gasteiger partial charge on any atom is -0.478 e. The van der Waals surface area contributed by atoms with Crippen molar-refractivity contribution in [3.63, 3.8) is 0 Å². The van der Waals surface area contributed by atoms with Gasteiger partial charge in [0, 0.05) is 44.4 Å². The molecule has 2 aromatic rings. The number of carbonyl (C=O) groups is 2. The molecule has 29 heavy (non-hydrogen) atoms. The van der Waals surface area contributed by atoms with Crippen LogP contribution in [0.1, 0.15) is 19.9 Å². The predicted molar refractivity (Wildman–Crippen MR) is 114 cm³/mol. The number of nitrogen functional groups attached to an aromatic ring is 1. The van der Waals surface area contributed by atoms with Gasteiger partial charge in [0.25, 0.3) is 0 Å². The molecule has 0 radical (unpaired) electrons. The molecule has 1 aromatic heterocycles. The third-order valence-electron chi connectivity index (χ3n) is 4.46. The van der Waals surface area contributed by atoms with Crippen LogP contribution in [0.2, 0.25) is 5.02 Å². The van der Waals surface area contributed by atoms with E-state index in [0.717, 1.165) is 43.2 Å². The van der Waals surface area contributed by atoms with Crippen molar-refractivity contribution in [3.8, 4) is 0 Å². The van der Waals surface area contributed by atoms with Crippen LogP contribution in [0.3, 0.4) is 0 Å². The van der Waals surface area contributed by atoms with Gasteiger partial charge in [0.2, 0.25) is 5.95 Å².